The minimum atomic E-state index is -2.84. The van der Waals surface area contributed by atoms with Gasteiger partial charge in [-0.1, -0.05) is 12.1 Å². The predicted molar refractivity (Wildman–Crippen MR) is 235 cm³/mol. The van der Waals surface area contributed by atoms with Gasteiger partial charge in [0, 0.05) is 61.5 Å². The number of carbonyl (C=O) groups excluding carboxylic acids is 3. The number of piperidine rings is 2. The molecule has 336 valence electrons. The molecule has 5 saturated heterocycles. The van der Waals surface area contributed by atoms with Crippen molar-refractivity contribution < 1.29 is 27.9 Å². The van der Waals surface area contributed by atoms with Crippen molar-refractivity contribution in [3.63, 3.8) is 0 Å². The van der Waals surface area contributed by atoms with Crippen molar-refractivity contribution in [2.75, 3.05) is 67.5 Å². The topological polar surface area (TPSA) is 158 Å². The number of ether oxygens (including phenoxy) is 1. The van der Waals surface area contributed by atoms with E-state index in [0.29, 0.717) is 36.7 Å². The van der Waals surface area contributed by atoms with E-state index in [9.17, 15) is 23.2 Å². The van der Waals surface area contributed by atoms with Crippen molar-refractivity contribution in [2.24, 2.45) is 5.92 Å². The van der Waals surface area contributed by atoms with E-state index >= 15 is 0 Å². The average molecular weight is 877 g/mol. The lowest BCUT2D eigenvalue weighted by Gasteiger charge is -2.43. The zero-order chi connectivity index (χ0) is 43.5. The van der Waals surface area contributed by atoms with E-state index in [0.717, 1.165) is 106 Å². The van der Waals surface area contributed by atoms with Gasteiger partial charge in [0.05, 0.1) is 48.6 Å². The number of anilines is 3. The first kappa shape index (κ1) is 41.1. The molecule has 1 aromatic carbocycles. The second-order valence-corrected chi connectivity index (χ2v) is 18.7. The van der Waals surface area contributed by atoms with Crippen LogP contribution < -0.4 is 20.4 Å². The lowest BCUT2D eigenvalue weighted by atomic mass is 9.85. The Hall–Kier alpha value is -5.59. The van der Waals surface area contributed by atoms with Crippen LogP contribution in [0, 0.1) is 5.92 Å². The third-order valence-electron chi connectivity index (χ3n) is 14.9. The highest BCUT2D eigenvalue weighted by atomic mass is 19.3. The fourth-order valence-corrected chi connectivity index (χ4v) is 11.4. The molecule has 16 nitrogen and oxygen atoms in total. The number of fused-ring (bicyclic) bond motifs is 4. The van der Waals surface area contributed by atoms with Gasteiger partial charge in [0.1, 0.15) is 11.4 Å². The van der Waals surface area contributed by atoms with Gasteiger partial charge in [0.2, 0.25) is 5.91 Å². The Kier molecular flexibility index (Phi) is 11.0. The van der Waals surface area contributed by atoms with Gasteiger partial charge in [0.25, 0.3) is 12.3 Å². The standard InChI is InChI=1S/C46H54F2N12O4/c47-43(48)42-38(51-45(62)37-22-50-59-18-11-40(52-44(37)59)58-25-35-20-34(58)27-64-35)26-60(54-42)33-4-1-28(2-5-33)24-55-13-9-32(10-14-55)56-15-7-29(8-16-56)30-3-6-36-31(19-30)21-49-23-39(36)57-17-12-41(61)53-46(57)63/h3,6,11,18-19,21-23,26,28-29,32-35,43H,1-2,4-5,7-10,12-17,20,24-25,27H2,(H,51,62)(H,53,61,63)/t28-,33-,34-,35-/m1/s1. The van der Waals surface area contributed by atoms with Crippen LogP contribution in [0.25, 0.3) is 16.4 Å². The highest BCUT2D eigenvalue weighted by Crippen LogP contribution is 2.38. The van der Waals surface area contributed by atoms with Crippen molar-refractivity contribution in [2.45, 2.75) is 101 Å². The molecule has 2 bridgehead atoms. The summed E-state index contributed by atoms with van der Waals surface area (Å²) in [5.41, 5.74) is 2.22. The first-order chi connectivity index (χ1) is 31.2. The van der Waals surface area contributed by atoms with Crippen LogP contribution in [0.1, 0.15) is 104 Å². The molecule has 18 heteroatoms. The Morgan fingerprint density at radius 1 is 0.922 bits per heavy atom. The molecule has 5 aromatic rings. The monoisotopic (exact) mass is 876 g/mol. The summed E-state index contributed by atoms with van der Waals surface area (Å²) >= 11 is 0. The molecular formula is C46H54F2N12O4. The highest BCUT2D eigenvalue weighted by Gasteiger charge is 2.40. The first-order valence-corrected chi connectivity index (χ1v) is 23.1. The molecule has 6 aliphatic rings. The van der Waals surface area contributed by atoms with Crippen LogP contribution in [0.5, 0.6) is 0 Å². The molecule has 1 aliphatic carbocycles. The van der Waals surface area contributed by atoms with Crippen molar-refractivity contribution >= 4 is 51.5 Å². The Bertz CT molecular complexity index is 2560. The Labute approximate surface area is 369 Å². The second kappa shape index (κ2) is 17.1. The van der Waals surface area contributed by atoms with Gasteiger partial charge in [-0.25, -0.2) is 23.1 Å². The molecule has 0 spiro atoms. The van der Waals surface area contributed by atoms with Crippen molar-refractivity contribution in [1.29, 1.82) is 0 Å². The molecule has 11 rings (SSSR count). The van der Waals surface area contributed by atoms with Crippen molar-refractivity contribution in [3.05, 3.63) is 72.1 Å². The van der Waals surface area contributed by atoms with Crippen molar-refractivity contribution in [1.82, 2.24) is 44.5 Å². The van der Waals surface area contributed by atoms with E-state index in [1.807, 2.05) is 12.3 Å². The fourth-order valence-electron chi connectivity index (χ4n) is 11.4. The zero-order valence-electron chi connectivity index (χ0n) is 35.8. The molecule has 0 radical (unpaired) electrons. The smallest absolute Gasteiger partial charge is 0.328 e. The molecule has 1 saturated carbocycles. The molecule has 6 fully saturated rings. The Morgan fingerprint density at radius 3 is 2.50 bits per heavy atom. The number of carbonyl (C=O) groups is 3. The zero-order valence-corrected chi connectivity index (χ0v) is 35.8. The van der Waals surface area contributed by atoms with Gasteiger partial charge < -0.3 is 24.8 Å². The first-order valence-electron chi connectivity index (χ1n) is 23.1. The van der Waals surface area contributed by atoms with Crippen LogP contribution in [0.4, 0.5) is 30.8 Å². The number of urea groups is 1. The number of hydrogen-bond acceptors (Lipinski definition) is 11. The van der Waals surface area contributed by atoms with Gasteiger partial charge in [-0.15, -0.1) is 0 Å². The van der Waals surface area contributed by atoms with Crippen LogP contribution in [0.2, 0.25) is 0 Å². The van der Waals surface area contributed by atoms with Crippen LogP contribution in [-0.2, 0) is 9.53 Å². The number of nitrogens with one attached hydrogen (secondary N) is 2. The maximum Gasteiger partial charge on any atom is 0.328 e. The van der Waals surface area contributed by atoms with Gasteiger partial charge in [-0.3, -0.25) is 29.5 Å². The number of rotatable bonds is 10. The number of benzene rings is 1. The SMILES string of the molecule is O=C1CCN(c2cncc3cc(C4CCN(C5CCN(C[C@H]6CC[C@H](n7cc(NC(=O)c8cnn9ccc(N%10C[C@H]%11C[C@@H]%10CO%11)nc89)c(C(F)F)n7)CC6)CC5)CC4)ccc23)C(=O)N1. The van der Waals surface area contributed by atoms with E-state index in [1.165, 1.54) is 29.1 Å². The molecule has 2 atom stereocenters. The summed E-state index contributed by atoms with van der Waals surface area (Å²) in [5.74, 6) is 0.978. The van der Waals surface area contributed by atoms with Gasteiger partial charge in [-0.05, 0) is 113 Å². The number of imide groups is 1. The number of nitrogens with zero attached hydrogens (tertiary/aromatic N) is 10. The third-order valence-corrected chi connectivity index (χ3v) is 14.9. The largest absolute Gasteiger partial charge is 0.374 e. The highest BCUT2D eigenvalue weighted by molar-refractivity contribution is 6.10. The summed E-state index contributed by atoms with van der Waals surface area (Å²) in [5, 5.41) is 15.7. The predicted octanol–water partition coefficient (Wildman–Crippen LogP) is 6.16. The number of pyridine rings is 1. The Balaban J connectivity index is 0.647. The van der Waals surface area contributed by atoms with Gasteiger partial charge >= 0.3 is 6.03 Å². The lowest BCUT2D eigenvalue weighted by molar-refractivity contribution is -0.120. The molecule has 4 aromatic heterocycles. The number of hydrogen-bond donors (Lipinski definition) is 2. The summed E-state index contributed by atoms with van der Waals surface area (Å²) < 4.78 is 37.6. The lowest BCUT2D eigenvalue weighted by Crippen LogP contribution is -2.49. The minimum Gasteiger partial charge on any atom is -0.374 e. The molecule has 0 unspecified atom stereocenters. The number of alkyl halides is 2. The second-order valence-electron chi connectivity index (χ2n) is 18.7. The molecule has 5 aliphatic heterocycles. The average Bonchev–Trinajstić information content (AvgIpc) is 4.14. The van der Waals surface area contributed by atoms with Crippen LogP contribution in [0.3, 0.4) is 0 Å². The number of morpholine rings is 1. The Morgan fingerprint density at radius 2 is 1.75 bits per heavy atom. The minimum absolute atomic E-state index is 0.00590. The van der Waals surface area contributed by atoms with Crippen LogP contribution >= 0.6 is 0 Å². The third kappa shape index (κ3) is 7.97. The van der Waals surface area contributed by atoms with E-state index in [2.05, 4.69) is 58.7 Å². The molecule has 4 amide bonds. The van der Waals surface area contributed by atoms with Gasteiger partial charge in [-0.2, -0.15) is 10.2 Å². The maximum absolute atomic E-state index is 14.3. The van der Waals surface area contributed by atoms with E-state index < -0.39 is 24.1 Å². The van der Waals surface area contributed by atoms with E-state index in [1.54, 1.807) is 28.2 Å². The summed E-state index contributed by atoms with van der Waals surface area (Å²) in [6.07, 6.45) is 15.2. The van der Waals surface area contributed by atoms with Crippen molar-refractivity contribution in [3.8, 4) is 0 Å². The number of likely N-dealkylation sites (tertiary alicyclic amines) is 2. The summed E-state index contributed by atoms with van der Waals surface area (Å²) in [4.78, 5) is 56.1. The fraction of sp³-hybridized carbons (Fsp3) is 0.543. The summed E-state index contributed by atoms with van der Waals surface area (Å²) in [7, 11) is 0. The number of amides is 4. The molecule has 9 heterocycles. The number of aromatic nitrogens is 6. The normalized spacial score (nSPS) is 25.3. The molecular weight excluding hydrogens is 823 g/mol. The maximum atomic E-state index is 14.3. The van der Waals surface area contributed by atoms with Crippen LogP contribution in [0.15, 0.2) is 55.2 Å². The summed E-state index contributed by atoms with van der Waals surface area (Å²) in [6, 6.07) is 8.85. The van der Waals surface area contributed by atoms with Crippen LogP contribution in [-0.4, -0.2) is 128 Å². The number of halogens is 2. The van der Waals surface area contributed by atoms with Gasteiger partial charge in [0.15, 0.2) is 11.3 Å². The quantitative estimate of drug-likeness (QED) is 0.166. The summed E-state index contributed by atoms with van der Waals surface area (Å²) in [6.45, 7) is 7.15. The van der Waals surface area contributed by atoms with E-state index in [-0.39, 0.29) is 41.8 Å². The molecule has 64 heavy (non-hydrogen) atoms. The molecule has 2 N–H and O–H groups in total. The van der Waals surface area contributed by atoms with E-state index in [4.69, 9.17) is 9.72 Å².